The number of carbonyl (C=O) groups is 3. The summed E-state index contributed by atoms with van der Waals surface area (Å²) in [6, 6.07) is 40.7. The van der Waals surface area contributed by atoms with E-state index in [4.69, 9.17) is 43.7 Å². The van der Waals surface area contributed by atoms with Crippen molar-refractivity contribution in [3.63, 3.8) is 0 Å². The number of benzene rings is 3. The molecule has 28 nitrogen and oxygen atoms in total. The van der Waals surface area contributed by atoms with Gasteiger partial charge in [0, 0.05) is 192 Å². The third-order valence-corrected chi connectivity index (χ3v) is 20.9. The molecule has 3 saturated heterocycles. The van der Waals surface area contributed by atoms with Gasteiger partial charge in [-0.15, -0.1) is 6.58 Å². The highest BCUT2D eigenvalue weighted by molar-refractivity contribution is 6.00. The maximum Gasteiger partial charge on any atom is 0.270 e. The Morgan fingerprint density at radius 2 is 0.795 bits per heavy atom. The van der Waals surface area contributed by atoms with Crippen LogP contribution in [0.1, 0.15) is 98.7 Å². The molecule has 5 N–H and O–H groups in total. The molecule has 3 aromatic carbocycles. The molecule has 0 aliphatic carbocycles. The van der Waals surface area contributed by atoms with Gasteiger partial charge in [-0.1, -0.05) is 44.5 Å². The van der Waals surface area contributed by atoms with E-state index >= 15 is 0 Å². The Balaban J connectivity index is 0.000000153. The maximum atomic E-state index is 13.0. The normalized spacial score (nSPS) is 14.7. The van der Waals surface area contributed by atoms with Crippen LogP contribution in [0.3, 0.4) is 0 Å². The number of aliphatic hydroxyl groups excluding tert-OH is 2. The van der Waals surface area contributed by atoms with Crippen molar-refractivity contribution in [1.29, 1.82) is 0 Å². The van der Waals surface area contributed by atoms with Crippen LogP contribution in [-0.4, -0.2) is 276 Å². The molecule has 610 valence electrons. The topological polar surface area (TPSA) is 321 Å². The quantitative estimate of drug-likeness (QED) is 0.0199. The number of amides is 3. The molecule has 0 radical (unpaired) electrons. The predicted octanol–water partition coefficient (Wildman–Crippen LogP) is 10.5. The molecule has 2 unspecified atom stereocenters. The average Bonchev–Trinajstić information content (AvgIpc) is 1.73. The number of nitrogens with zero attached hydrogens (tertiary/aromatic N) is 15. The maximum absolute atomic E-state index is 13.0. The molecule has 3 aliphatic heterocycles. The predicted molar refractivity (Wildman–Crippen MR) is 449 cm³/mol. The van der Waals surface area contributed by atoms with E-state index in [1.165, 1.54) is 0 Å². The van der Waals surface area contributed by atoms with Gasteiger partial charge in [-0.3, -0.25) is 29.3 Å². The van der Waals surface area contributed by atoms with E-state index in [1.54, 1.807) is 49.3 Å². The number of fused-ring (bicyclic) bond motifs is 3. The van der Waals surface area contributed by atoms with Crippen molar-refractivity contribution in [3.8, 4) is 51.4 Å². The van der Waals surface area contributed by atoms with E-state index in [2.05, 4.69) is 119 Å². The highest BCUT2D eigenvalue weighted by Crippen LogP contribution is 2.29. The van der Waals surface area contributed by atoms with E-state index in [-0.39, 0.29) is 36.4 Å². The zero-order valence-corrected chi connectivity index (χ0v) is 67.3. The Hall–Kier alpha value is -11.8. The van der Waals surface area contributed by atoms with Crippen LogP contribution in [-0.2, 0) is 28.7 Å². The minimum atomic E-state index is -0.356. The van der Waals surface area contributed by atoms with Gasteiger partial charge >= 0.3 is 0 Å². The molecular weight excluding hydrogens is 1480 g/mol. The van der Waals surface area contributed by atoms with Gasteiger partial charge in [0.15, 0.2) is 0 Å². The van der Waals surface area contributed by atoms with Crippen LogP contribution in [0, 0.1) is 5.92 Å². The van der Waals surface area contributed by atoms with E-state index in [0.717, 1.165) is 159 Å². The summed E-state index contributed by atoms with van der Waals surface area (Å²) in [5.74, 6) is 4.38. The first-order valence-electron chi connectivity index (χ1n) is 40.2. The summed E-state index contributed by atoms with van der Waals surface area (Å²) in [7, 11) is 6.24. The number of hydrogen-bond acceptors (Lipinski definition) is 22. The fourth-order valence-corrected chi connectivity index (χ4v) is 14.1. The van der Waals surface area contributed by atoms with Crippen molar-refractivity contribution in [2.75, 3.05) is 153 Å². The van der Waals surface area contributed by atoms with Gasteiger partial charge in [-0.25, -0.2) is 29.9 Å². The van der Waals surface area contributed by atoms with Crippen molar-refractivity contribution < 1.29 is 48.3 Å². The van der Waals surface area contributed by atoms with Gasteiger partial charge in [0.25, 0.3) is 17.7 Å². The van der Waals surface area contributed by atoms with Crippen LogP contribution >= 0.6 is 0 Å². The Bertz CT molecular complexity index is 5280. The number of ether oxygens (including phenoxy) is 5. The second-order valence-corrected chi connectivity index (χ2v) is 29.6. The molecule has 2 atom stereocenters. The van der Waals surface area contributed by atoms with Gasteiger partial charge < -0.3 is 78.2 Å². The molecule has 0 saturated carbocycles. The van der Waals surface area contributed by atoms with Gasteiger partial charge in [-0.05, 0) is 142 Å². The summed E-state index contributed by atoms with van der Waals surface area (Å²) in [5.41, 5.74) is 12.1. The molecule has 12 aromatic rings. The molecule has 15 rings (SSSR count). The molecule has 0 bridgehead atoms. The number of pyridine rings is 3. The molecule has 3 aliphatic rings. The number of carbonyl (C=O) groups excluding carboxylic acids is 3. The Morgan fingerprint density at radius 1 is 0.436 bits per heavy atom. The van der Waals surface area contributed by atoms with Crippen LogP contribution in [0.5, 0.6) is 17.2 Å². The number of H-pyrrole nitrogens is 3. The number of aromatic amines is 3. The van der Waals surface area contributed by atoms with Crippen molar-refractivity contribution >= 4 is 50.4 Å². The SMILES string of the molecule is C=CCOCCOc1ccnc(-c2ccnc(Cc3ccc4[nH]c(C(=O)N5CCN(C)CC5)cc4c3)n2)c1.CCCC(O)C(CC)COc1ccnc(-c2ccnc(Cc3ccc4[nH]c(C(=O)N5CCN(C)CC5)cc4c3)n2)c1.CN1CCN(C(=O)c2cc3cc(Cc4nccc(-c5cc(OCCOCCO)ccn5)n4)ccc3[nH]2)CC1. The summed E-state index contributed by atoms with van der Waals surface area (Å²) in [6.07, 6.45) is 15.9. The lowest BCUT2D eigenvalue weighted by molar-refractivity contribution is 0.0649. The summed E-state index contributed by atoms with van der Waals surface area (Å²) in [4.78, 5) is 102. The number of piperazine rings is 3. The van der Waals surface area contributed by atoms with E-state index in [9.17, 15) is 19.5 Å². The highest BCUT2D eigenvalue weighted by Gasteiger charge is 2.26. The van der Waals surface area contributed by atoms with Gasteiger partial charge in [0.2, 0.25) is 0 Å². The van der Waals surface area contributed by atoms with Crippen molar-refractivity contribution in [1.82, 2.24) is 89.2 Å². The first-order valence-corrected chi connectivity index (χ1v) is 40.2. The van der Waals surface area contributed by atoms with Gasteiger partial charge in [0.1, 0.15) is 65.0 Å². The molecule has 9 aromatic heterocycles. The number of likely N-dealkylation sites (N-methyl/N-ethyl adjacent to an activating group) is 3. The molecule has 28 heteroatoms. The number of aromatic nitrogens is 12. The lowest BCUT2D eigenvalue weighted by Gasteiger charge is -2.32. The zero-order chi connectivity index (χ0) is 81.4. The number of hydrogen-bond donors (Lipinski definition) is 5. The van der Waals surface area contributed by atoms with E-state index in [0.29, 0.717) is 140 Å². The minimum Gasteiger partial charge on any atom is -0.493 e. The molecule has 3 amide bonds. The summed E-state index contributed by atoms with van der Waals surface area (Å²) in [5, 5.41) is 22.2. The number of aliphatic hydroxyl groups is 2. The smallest absolute Gasteiger partial charge is 0.270 e. The van der Waals surface area contributed by atoms with Crippen molar-refractivity contribution in [3.05, 3.63) is 228 Å². The summed E-state index contributed by atoms with van der Waals surface area (Å²) in [6.45, 7) is 20.6. The van der Waals surface area contributed by atoms with E-state index < -0.39 is 0 Å². The first kappa shape index (κ1) is 83.2. The second kappa shape index (κ2) is 41.2. The molecule has 117 heavy (non-hydrogen) atoms. The standard InChI is InChI=1S/C32H40N6O3.C29H32N6O3.C28H32N6O4/c1-4-6-30(39)23(5-2)21-41-25-9-11-33-28(20-25)27-10-12-34-31(36-27)18-22-7-8-26-24(17-22)19-29(35-26)32(40)38-15-13-37(3)14-16-38;1-3-14-37-15-16-38-23-6-8-30-26(20-23)25-7-9-31-28(33-25)18-21-4-5-24-22(17-21)19-27(32-24)29(36)35-12-10-34(2)11-13-35;1-33-8-10-34(11-9-33)28(36)26-18-21-16-20(2-3-23(21)31-26)17-27-30-7-5-24(32-27)25-19-22(4-6-29-25)38-15-14-37-13-12-35/h7-12,17,19-20,23,30,35,39H,4-6,13-16,18,21H2,1-3H3;3-9,17,19-20,32H,1,10-16,18H2,2H3;2-7,16,18-19,31,35H,8-15,17H2,1H3. The largest absolute Gasteiger partial charge is 0.493 e. The van der Waals surface area contributed by atoms with Gasteiger partial charge in [0.05, 0.1) is 79.9 Å². The monoisotopic (exact) mass is 1580 g/mol. The van der Waals surface area contributed by atoms with E-state index in [1.807, 2.05) is 118 Å². The van der Waals surface area contributed by atoms with Crippen LogP contribution in [0.4, 0.5) is 0 Å². The second-order valence-electron chi connectivity index (χ2n) is 29.6. The third-order valence-electron chi connectivity index (χ3n) is 20.9. The third kappa shape index (κ3) is 23.1. The molecular formula is C89H104N18O10. The fraction of sp³-hybridized carbons (Fsp3) is 0.371. The Labute approximate surface area is 681 Å². The average molecular weight is 1590 g/mol. The minimum absolute atomic E-state index is 0.00782. The molecule has 3 fully saturated rings. The van der Waals surface area contributed by atoms with Gasteiger partial charge in [-0.2, -0.15) is 0 Å². The summed E-state index contributed by atoms with van der Waals surface area (Å²) < 4.78 is 28.1. The highest BCUT2D eigenvalue weighted by atomic mass is 16.5. The number of rotatable bonds is 31. The summed E-state index contributed by atoms with van der Waals surface area (Å²) >= 11 is 0. The van der Waals surface area contributed by atoms with Crippen LogP contribution in [0.15, 0.2) is 177 Å². The Kier molecular flexibility index (Phi) is 29.3. The number of nitrogens with one attached hydrogen (secondary N) is 3. The zero-order valence-electron chi connectivity index (χ0n) is 67.3. The Morgan fingerprint density at radius 3 is 1.15 bits per heavy atom. The van der Waals surface area contributed by atoms with Crippen LogP contribution in [0.25, 0.3) is 66.9 Å². The van der Waals surface area contributed by atoms with Crippen molar-refractivity contribution in [2.45, 2.75) is 58.5 Å². The van der Waals surface area contributed by atoms with Crippen LogP contribution < -0.4 is 14.2 Å². The molecule has 12 heterocycles. The fourth-order valence-electron chi connectivity index (χ4n) is 14.1. The lowest BCUT2D eigenvalue weighted by Crippen LogP contribution is -2.47. The lowest BCUT2D eigenvalue weighted by atomic mass is 9.97. The first-order chi connectivity index (χ1) is 57.1. The molecule has 0 spiro atoms. The van der Waals surface area contributed by atoms with Crippen molar-refractivity contribution in [2.24, 2.45) is 5.92 Å². The van der Waals surface area contributed by atoms with Crippen LogP contribution in [0.2, 0.25) is 0 Å².